The largest absolute Gasteiger partial charge is 0.375 e. The molecular weight excluding hydrogens is 366 g/mol. The molecule has 0 aliphatic carbocycles. The number of rotatable bonds is 4. The molecule has 2 amide bonds. The molecule has 148 valence electrons. The third kappa shape index (κ3) is 5.14. The number of nitrogens with one attached hydrogen (secondary N) is 1. The first-order valence-electron chi connectivity index (χ1n) is 9.70. The average Bonchev–Trinajstić information content (AvgIpc) is 2.66. The van der Waals surface area contributed by atoms with Crippen LogP contribution in [0.15, 0.2) is 18.2 Å². The number of carbonyl (C=O) groups excluding carboxylic acids is 2. The lowest BCUT2D eigenvalue weighted by Crippen LogP contribution is -2.49. The Morgan fingerprint density at radius 2 is 1.78 bits per heavy atom. The Balaban J connectivity index is 1.62. The van der Waals surface area contributed by atoms with Crippen LogP contribution in [0, 0.1) is 0 Å². The number of amides is 2. The van der Waals surface area contributed by atoms with Crippen LogP contribution in [-0.2, 0) is 9.53 Å². The second kappa shape index (κ2) is 8.93. The van der Waals surface area contributed by atoms with Gasteiger partial charge in [-0.15, -0.1) is 0 Å². The molecule has 1 aromatic carbocycles. The first kappa shape index (κ1) is 20.0. The standard InChI is InChI=1S/C20H28ClN3O3/c1-14-12-24(13-15(2)27-14)19(25)11-22-18-10-16(6-7-17(18)21)20(26)23-8-4-3-5-9-23/h6-7,10,14-15,22H,3-5,8-9,11-13H2,1-2H3. The molecule has 2 atom stereocenters. The summed E-state index contributed by atoms with van der Waals surface area (Å²) in [5, 5.41) is 3.60. The van der Waals surface area contributed by atoms with Gasteiger partial charge in [0.2, 0.25) is 5.91 Å². The smallest absolute Gasteiger partial charge is 0.253 e. The molecule has 6 nitrogen and oxygen atoms in total. The van der Waals surface area contributed by atoms with Crippen molar-refractivity contribution in [1.29, 1.82) is 0 Å². The van der Waals surface area contributed by atoms with Gasteiger partial charge in [0.25, 0.3) is 5.91 Å². The lowest BCUT2D eigenvalue weighted by atomic mass is 10.1. The van der Waals surface area contributed by atoms with E-state index in [-0.39, 0.29) is 30.6 Å². The molecular formula is C20H28ClN3O3. The van der Waals surface area contributed by atoms with Crippen LogP contribution in [0.25, 0.3) is 0 Å². The Kier molecular flexibility index (Phi) is 6.60. The summed E-state index contributed by atoms with van der Waals surface area (Å²) in [4.78, 5) is 28.9. The normalized spacial score (nSPS) is 23.2. The Hall–Kier alpha value is -1.79. The number of halogens is 1. The molecule has 0 aromatic heterocycles. The average molecular weight is 394 g/mol. The van der Waals surface area contributed by atoms with Gasteiger partial charge in [0.15, 0.2) is 0 Å². The number of likely N-dealkylation sites (tertiary alicyclic amines) is 1. The molecule has 0 bridgehead atoms. The second-order valence-corrected chi connectivity index (χ2v) is 7.86. The Morgan fingerprint density at radius 3 is 2.44 bits per heavy atom. The number of hydrogen-bond donors (Lipinski definition) is 1. The van der Waals surface area contributed by atoms with Crippen molar-refractivity contribution in [1.82, 2.24) is 9.80 Å². The number of piperidine rings is 1. The fourth-order valence-electron chi connectivity index (χ4n) is 3.74. The van der Waals surface area contributed by atoms with Crippen molar-refractivity contribution in [2.75, 3.05) is 38.0 Å². The van der Waals surface area contributed by atoms with Crippen molar-refractivity contribution in [2.45, 2.75) is 45.3 Å². The highest BCUT2D eigenvalue weighted by atomic mass is 35.5. The maximum Gasteiger partial charge on any atom is 0.253 e. The molecule has 0 spiro atoms. The number of morpholine rings is 1. The van der Waals surface area contributed by atoms with Crippen LogP contribution < -0.4 is 5.32 Å². The predicted molar refractivity (Wildman–Crippen MR) is 106 cm³/mol. The quantitative estimate of drug-likeness (QED) is 0.854. The number of carbonyl (C=O) groups is 2. The highest BCUT2D eigenvalue weighted by molar-refractivity contribution is 6.33. The number of ether oxygens (including phenoxy) is 1. The summed E-state index contributed by atoms with van der Waals surface area (Å²) in [7, 11) is 0. The summed E-state index contributed by atoms with van der Waals surface area (Å²) in [6.45, 7) is 6.86. The summed E-state index contributed by atoms with van der Waals surface area (Å²) < 4.78 is 5.67. The van der Waals surface area contributed by atoms with Crippen molar-refractivity contribution >= 4 is 29.1 Å². The highest BCUT2D eigenvalue weighted by Crippen LogP contribution is 2.24. The lowest BCUT2D eigenvalue weighted by Gasteiger charge is -2.35. The third-order valence-electron chi connectivity index (χ3n) is 5.06. The van der Waals surface area contributed by atoms with Gasteiger partial charge >= 0.3 is 0 Å². The van der Waals surface area contributed by atoms with Crippen LogP contribution in [0.1, 0.15) is 43.5 Å². The molecule has 0 radical (unpaired) electrons. The van der Waals surface area contributed by atoms with Gasteiger partial charge in [0, 0.05) is 31.7 Å². The van der Waals surface area contributed by atoms with Gasteiger partial charge in [0.05, 0.1) is 29.5 Å². The van der Waals surface area contributed by atoms with Crippen molar-refractivity contribution in [3.63, 3.8) is 0 Å². The monoisotopic (exact) mass is 393 g/mol. The predicted octanol–water partition coefficient (Wildman–Crippen LogP) is 3.01. The van der Waals surface area contributed by atoms with Crippen molar-refractivity contribution in [3.05, 3.63) is 28.8 Å². The van der Waals surface area contributed by atoms with Crippen LogP contribution in [0.2, 0.25) is 5.02 Å². The second-order valence-electron chi connectivity index (χ2n) is 7.46. The van der Waals surface area contributed by atoms with E-state index in [1.54, 1.807) is 18.2 Å². The van der Waals surface area contributed by atoms with Gasteiger partial charge in [0.1, 0.15) is 0 Å². The van der Waals surface area contributed by atoms with E-state index in [9.17, 15) is 9.59 Å². The molecule has 1 aromatic rings. The summed E-state index contributed by atoms with van der Waals surface area (Å²) in [6, 6.07) is 5.21. The lowest BCUT2D eigenvalue weighted by molar-refractivity contribution is -0.141. The van der Waals surface area contributed by atoms with E-state index in [1.165, 1.54) is 6.42 Å². The number of benzene rings is 1. The van der Waals surface area contributed by atoms with Crippen molar-refractivity contribution in [2.24, 2.45) is 0 Å². The molecule has 2 fully saturated rings. The van der Waals surface area contributed by atoms with E-state index in [4.69, 9.17) is 16.3 Å². The van der Waals surface area contributed by atoms with E-state index in [0.29, 0.717) is 29.4 Å². The summed E-state index contributed by atoms with van der Waals surface area (Å²) in [5.74, 6) is 0.0254. The Labute approximate surface area is 165 Å². The van der Waals surface area contributed by atoms with E-state index >= 15 is 0 Å². The molecule has 2 unspecified atom stereocenters. The van der Waals surface area contributed by atoms with Gasteiger partial charge in [-0.05, 0) is 51.3 Å². The minimum absolute atomic E-state index is 0.000766. The number of hydrogen-bond acceptors (Lipinski definition) is 4. The first-order chi connectivity index (χ1) is 12.9. The fraction of sp³-hybridized carbons (Fsp3) is 0.600. The molecule has 2 saturated heterocycles. The molecule has 0 saturated carbocycles. The van der Waals surface area contributed by atoms with Gasteiger partial charge in [-0.1, -0.05) is 11.6 Å². The number of anilines is 1. The molecule has 2 aliphatic rings. The maximum atomic E-state index is 12.7. The summed E-state index contributed by atoms with van der Waals surface area (Å²) in [5.41, 5.74) is 1.21. The molecule has 3 rings (SSSR count). The Bertz CT molecular complexity index is 681. The van der Waals surface area contributed by atoms with Crippen LogP contribution in [0.3, 0.4) is 0 Å². The fourth-order valence-corrected chi connectivity index (χ4v) is 3.92. The SMILES string of the molecule is CC1CN(C(=O)CNc2cc(C(=O)N3CCCCC3)ccc2Cl)CC(C)O1. The minimum atomic E-state index is 0.000766. The van der Waals surface area contributed by atoms with Crippen molar-refractivity contribution < 1.29 is 14.3 Å². The zero-order chi connectivity index (χ0) is 19.4. The molecule has 2 heterocycles. The van der Waals surface area contributed by atoms with Crippen LogP contribution in [0.5, 0.6) is 0 Å². The third-order valence-corrected chi connectivity index (χ3v) is 5.39. The molecule has 2 aliphatic heterocycles. The van der Waals surface area contributed by atoms with Gasteiger partial charge in [-0.25, -0.2) is 0 Å². The van der Waals surface area contributed by atoms with E-state index in [2.05, 4.69) is 5.32 Å². The van der Waals surface area contributed by atoms with Crippen LogP contribution >= 0.6 is 11.6 Å². The molecule has 27 heavy (non-hydrogen) atoms. The number of nitrogens with zero attached hydrogens (tertiary/aromatic N) is 2. The van der Waals surface area contributed by atoms with Crippen LogP contribution in [-0.4, -0.2) is 66.5 Å². The first-order valence-corrected chi connectivity index (χ1v) is 10.1. The Morgan fingerprint density at radius 1 is 1.11 bits per heavy atom. The van der Waals surface area contributed by atoms with Gasteiger partial charge in [-0.2, -0.15) is 0 Å². The van der Waals surface area contributed by atoms with Crippen LogP contribution in [0.4, 0.5) is 5.69 Å². The molecule has 1 N–H and O–H groups in total. The summed E-state index contributed by atoms with van der Waals surface area (Å²) >= 11 is 6.27. The van der Waals surface area contributed by atoms with E-state index in [1.807, 2.05) is 23.6 Å². The topological polar surface area (TPSA) is 61.9 Å². The molecule has 7 heteroatoms. The van der Waals surface area contributed by atoms with E-state index < -0.39 is 0 Å². The van der Waals surface area contributed by atoms with E-state index in [0.717, 1.165) is 25.9 Å². The zero-order valence-corrected chi connectivity index (χ0v) is 16.8. The highest BCUT2D eigenvalue weighted by Gasteiger charge is 2.26. The minimum Gasteiger partial charge on any atom is -0.375 e. The zero-order valence-electron chi connectivity index (χ0n) is 16.0. The van der Waals surface area contributed by atoms with Gasteiger partial charge < -0.3 is 19.9 Å². The summed E-state index contributed by atoms with van der Waals surface area (Å²) in [6.07, 6.45) is 3.35. The maximum absolute atomic E-state index is 12.7. The van der Waals surface area contributed by atoms with Crippen molar-refractivity contribution in [3.8, 4) is 0 Å². The van der Waals surface area contributed by atoms with Gasteiger partial charge in [-0.3, -0.25) is 9.59 Å².